The molecule has 0 saturated carbocycles. The molecule has 0 N–H and O–H groups in total. The predicted octanol–water partition coefficient (Wildman–Crippen LogP) is 2.53. The van der Waals surface area contributed by atoms with E-state index in [9.17, 15) is 9.18 Å². The molecule has 2 heterocycles. The molecule has 1 aromatic heterocycles. The van der Waals surface area contributed by atoms with Crippen molar-refractivity contribution in [2.24, 2.45) is 0 Å². The van der Waals surface area contributed by atoms with Crippen LogP contribution in [0, 0.1) is 5.82 Å². The number of aromatic nitrogens is 1. The summed E-state index contributed by atoms with van der Waals surface area (Å²) in [7, 11) is 0. The van der Waals surface area contributed by atoms with E-state index in [0.29, 0.717) is 5.69 Å². The summed E-state index contributed by atoms with van der Waals surface area (Å²) >= 11 is 0. The first-order valence-electron chi connectivity index (χ1n) is 7.32. The highest BCUT2D eigenvalue weighted by atomic mass is 19.1. The minimum Gasteiger partial charge on any atom is -0.444 e. The number of carbonyl (C=O) groups excluding carboxylic acids is 1. The van der Waals surface area contributed by atoms with E-state index in [4.69, 9.17) is 12.2 Å². The minimum absolute atomic E-state index is 0.0550. The number of ether oxygens (including phenoxy) is 2. The van der Waals surface area contributed by atoms with Gasteiger partial charge in [-0.3, -0.25) is 4.98 Å². The van der Waals surface area contributed by atoms with Crippen molar-refractivity contribution < 1.29 is 21.4 Å². The normalized spacial score (nSPS) is 23.8. The van der Waals surface area contributed by atoms with Crippen LogP contribution < -0.4 is 0 Å². The van der Waals surface area contributed by atoms with Crippen LogP contribution in [0.15, 0.2) is 18.3 Å². The predicted molar refractivity (Wildman–Crippen MR) is 70.7 cm³/mol. The van der Waals surface area contributed by atoms with Gasteiger partial charge in [0.2, 0.25) is 0 Å². The average molecular weight is 284 g/mol. The van der Waals surface area contributed by atoms with Gasteiger partial charge in [0.15, 0.2) is 0 Å². The number of hydrogen-bond donors (Lipinski definition) is 0. The lowest BCUT2D eigenvalue weighted by Crippen LogP contribution is -2.44. The fourth-order valence-corrected chi connectivity index (χ4v) is 1.71. The third-order valence-electron chi connectivity index (χ3n) is 2.58. The molecule has 5 nitrogen and oxygen atoms in total. The zero-order valence-corrected chi connectivity index (χ0v) is 11.7. The highest BCUT2D eigenvalue weighted by molar-refractivity contribution is 5.68. The molecule has 0 aromatic carbocycles. The van der Waals surface area contributed by atoms with Crippen molar-refractivity contribution in [3.8, 4) is 0 Å². The summed E-state index contributed by atoms with van der Waals surface area (Å²) in [6.07, 6.45) is -0.329. The molecule has 20 heavy (non-hydrogen) atoms. The van der Waals surface area contributed by atoms with Gasteiger partial charge in [-0.05, 0) is 32.9 Å². The summed E-state index contributed by atoms with van der Waals surface area (Å²) in [4.78, 5) is 17.1. The van der Waals surface area contributed by atoms with Crippen molar-refractivity contribution in [1.29, 1.82) is 0 Å². The van der Waals surface area contributed by atoms with Crippen molar-refractivity contribution in [1.82, 2.24) is 9.88 Å². The topological polar surface area (TPSA) is 51.7 Å². The van der Waals surface area contributed by atoms with Crippen LogP contribution in [-0.2, 0) is 9.47 Å². The average Bonchev–Trinajstić information content (AvgIpc) is 2.37. The van der Waals surface area contributed by atoms with E-state index in [2.05, 4.69) is 4.98 Å². The second-order valence-electron chi connectivity index (χ2n) is 5.45. The third-order valence-corrected chi connectivity index (χ3v) is 2.58. The molecule has 0 spiro atoms. The largest absolute Gasteiger partial charge is 0.444 e. The Labute approximate surface area is 120 Å². The van der Waals surface area contributed by atoms with Crippen LogP contribution in [0.3, 0.4) is 0 Å². The maximum atomic E-state index is 12.9. The van der Waals surface area contributed by atoms with Gasteiger partial charge in [-0.15, -0.1) is 0 Å². The Morgan fingerprint density at radius 2 is 2.35 bits per heavy atom. The molecule has 1 atom stereocenters. The number of rotatable bonds is 1. The molecule has 1 aliphatic rings. The molecule has 0 bridgehead atoms. The van der Waals surface area contributed by atoms with E-state index < -0.39 is 30.1 Å². The molecule has 1 aliphatic heterocycles. The zero-order chi connectivity index (χ0) is 16.5. The van der Waals surface area contributed by atoms with Gasteiger partial charge in [-0.2, -0.15) is 0 Å². The first-order chi connectivity index (χ1) is 10.1. The quantitative estimate of drug-likeness (QED) is 0.795. The van der Waals surface area contributed by atoms with Gasteiger partial charge in [0.05, 0.1) is 27.8 Å². The maximum Gasteiger partial charge on any atom is 0.410 e. The summed E-state index contributed by atoms with van der Waals surface area (Å²) in [5, 5.41) is 0. The molecule has 6 heteroatoms. The van der Waals surface area contributed by atoms with E-state index in [1.54, 1.807) is 20.8 Å². The number of hydrogen-bond acceptors (Lipinski definition) is 4. The molecule has 1 aromatic rings. The molecule has 0 aliphatic carbocycles. The maximum absolute atomic E-state index is 12.9. The zero-order valence-electron chi connectivity index (χ0n) is 13.7. The number of halogens is 1. The van der Waals surface area contributed by atoms with E-state index >= 15 is 0 Å². The SMILES string of the molecule is [2H]C1([2H])COC(c2ccc(F)cn2)CN1C(=O)OC(C)(C)C. The highest BCUT2D eigenvalue weighted by Gasteiger charge is 2.29. The van der Waals surface area contributed by atoms with Crippen LogP contribution in [0.2, 0.25) is 0 Å². The molecule has 1 saturated heterocycles. The molecule has 1 fully saturated rings. The van der Waals surface area contributed by atoms with Gasteiger partial charge in [0.25, 0.3) is 0 Å². The molecule has 0 radical (unpaired) electrons. The Bertz CT molecular complexity index is 546. The first-order valence-corrected chi connectivity index (χ1v) is 6.32. The van der Waals surface area contributed by atoms with Gasteiger partial charge in [-0.25, -0.2) is 9.18 Å². The van der Waals surface area contributed by atoms with Crippen LogP contribution in [-0.4, -0.2) is 41.2 Å². The van der Waals surface area contributed by atoms with Crippen LogP contribution in [0.4, 0.5) is 9.18 Å². The molecule has 2 rings (SSSR count). The van der Waals surface area contributed by atoms with Crippen molar-refractivity contribution in [3.63, 3.8) is 0 Å². The molecule has 110 valence electrons. The summed E-state index contributed by atoms with van der Waals surface area (Å²) in [5.74, 6) is -0.473. The monoisotopic (exact) mass is 284 g/mol. The van der Waals surface area contributed by atoms with Crippen molar-refractivity contribution in [2.75, 3.05) is 19.6 Å². The van der Waals surface area contributed by atoms with Crippen molar-refractivity contribution in [3.05, 3.63) is 29.8 Å². The number of amides is 1. The Kier molecular flexibility index (Phi) is 3.47. The Balaban J connectivity index is 2.16. The van der Waals surface area contributed by atoms with Gasteiger partial charge >= 0.3 is 6.09 Å². The molecule has 1 amide bonds. The highest BCUT2D eigenvalue weighted by Crippen LogP contribution is 2.22. The van der Waals surface area contributed by atoms with Crippen LogP contribution >= 0.6 is 0 Å². The second kappa shape index (κ2) is 5.75. The van der Waals surface area contributed by atoms with Crippen molar-refractivity contribution >= 4 is 6.09 Å². The van der Waals surface area contributed by atoms with Crippen LogP contribution in [0.1, 0.15) is 35.3 Å². The number of pyridine rings is 1. The number of carbonyl (C=O) groups is 1. The van der Waals surface area contributed by atoms with Gasteiger partial charge in [-0.1, -0.05) is 0 Å². The van der Waals surface area contributed by atoms with Gasteiger partial charge in [0, 0.05) is 6.50 Å². The van der Waals surface area contributed by atoms with Crippen LogP contribution in [0.5, 0.6) is 0 Å². The minimum atomic E-state index is -1.97. The van der Waals surface area contributed by atoms with Gasteiger partial charge in [0.1, 0.15) is 17.5 Å². The first kappa shape index (κ1) is 12.1. The second-order valence-corrected chi connectivity index (χ2v) is 5.45. The van der Waals surface area contributed by atoms with E-state index in [1.165, 1.54) is 12.1 Å². The van der Waals surface area contributed by atoms with Crippen molar-refractivity contribution in [2.45, 2.75) is 32.5 Å². The molecular formula is C14H19FN2O3. The van der Waals surface area contributed by atoms with E-state index in [1.807, 2.05) is 0 Å². The lowest BCUT2D eigenvalue weighted by atomic mass is 10.2. The fraction of sp³-hybridized carbons (Fsp3) is 0.571. The summed E-state index contributed by atoms with van der Waals surface area (Å²) in [6.45, 7) is 2.79. The smallest absolute Gasteiger partial charge is 0.410 e. The Morgan fingerprint density at radius 1 is 1.60 bits per heavy atom. The van der Waals surface area contributed by atoms with Crippen LogP contribution in [0.25, 0.3) is 0 Å². The lowest BCUT2D eigenvalue weighted by molar-refractivity contribution is -0.0447. The third kappa shape index (κ3) is 3.90. The summed E-state index contributed by atoms with van der Waals surface area (Å²) in [6, 6.07) is 2.70. The fourth-order valence-electron chi connectivity index (χ4n) is 1.71. The number of morpholine rings is 1. The summed E-state index contributed by atoms with van der Waals surface area (Å²) in [5.41, 5.74) is -0.291. The standard InChI is InChI=1S/C14H19FN2O3/c1-14(2,3)20-13(18)17-6-7-19-12(9-17)11-5-4-10(15)8-16-11/h4-5,8,12H,6-7,9H2,1-3H3/i6D2. The molecular weight excluding hydrogens is 263 g/mol. The Hall–Kier alpha value is -1.69. The van der Waals surface area contributed by atoms with Gasteiger partial charge < -0.3 is 14.4 Å². The Morgan fingerprint density at radius 3 is 2.95 bits per heavy atom. The molecule has 1 unspecified atom stereocenters. The van der Waals surface area contributed by atoms with E-state index in [-0.39, 0.29) is 13.2 Å². The lowest BCUT2D eigenvalue weighted by Gasteiger charge is -2.33. The number of nitrogens with zero attached hydrogens (tertiary/aromatic N) is 2. The summed E-state index contributed by atoms with van der Waals surface area (Å²) < 4.78 is 39.4. The van der Waals surface area contributed by atoms with E-state index in [0.717, 1.165) is 11.1 Å².